The minimum absolute atomic E-state index is 1.13. The van der Waals surface area contributed by atoms with Crippen LogP contribution in [0.5, 0.6) is 0 Å². The first-order valence-corrected chi connectivity index (χ1v) is 7.37. The molecule has 0 aliphatic carbocycles. The van der Waals surface area contributed by atoms with Crippen LogP contribution in [-0.4, -0.2) is 51.2 Å². The topological polar surface area (TPSA) is 18.5 Å². The Labute approximate surface area is 117 Å². The van der Waals surface area contributed by atoms with E-state index in [1.807, 2.05) is 0 Å². The number of rotatable bonds is 5. The summed E-state index contributed by atoms with van der Waals surface area (Å²) in [5.41, 5.74) is 4.05. The molecule has 0 bridgehead atoms. The van der Waals surface area contributed by atoms with E-state index in [2.05, 4.69) is 54.2 Å². The number of hydrogen-bond donors (Lipinski definition) is 1. The molecule has 1 saturated heterocycles. The van der Waals surface area contributed by atoms with Gasteiger partial charge in [0.25, 0.3) is 0 Å². The zero-order valence-corrected chi connectivity index (χ0v) is 12.6. The van der Waals surface area contributed by atoms with Crippen molar-refractivity contribution in [3.63, 3.8) is 0 Å². The molecule has 106 valence electrons. The van der Waals surface area contributed by atoms with Gasteiger partial charge in [0.1, 0.15) is 0 Å². The highest BCUT2D eigenvalue weighted by molar-refractivity contribution is 5.50. The van der Waals surface area contributed by atoms with Crippen molar-refractivity contribution in [1.29, 1.82) is 0 Å². The van der Waals surface area contributed by atoms with Gasteiger partial charge in [0.15, 0.2) is 0 Å². The van der Waals surface area contributed by atoms with Gasteiger partial charge in [0.05, 0.1) is 0 Å². The van der Waals surface area contributed by atoms with Crippen LogP contribution in [0.4, 0.5) is 5.69 Å². The lowest BCUT2D eigenvalue weighted by Gasteiger charge is -2.28. The van der Waals surface area contributed by atoms with Gasteiger partial charge in [0, 0.05) is 45.5 Å². The average Bonchev–Trinajstić information content (AvgIpc) is 2.38. The van der Waals surface area contributed by atoms with Gasteiger partial charge in [-0.25, -0.2) is 0 Å². The van der Waals surface area contributed by atoms with E-state index in [1.165, 1.54) is 42.9 Å². The lowest BCUT2D eigenvalue weighted by atomic mass is 10.1. The fourth-order valence-corrected chi connectivity index (χ4v) is 2.77. The molecule has 1 aromatic rings. The predicted molar refractivity (Wildman–Crippen MR) is 83.1 cm³/mol. The number of nitrogens with zero attached hydrogens (tertiary/aromatic N) is 2. The van der Waals surface area contributed by atoms with E-state index in [0.29, 0.717) is 0 Å². The first kappa shape index (κ1) is 14.4. The van der Waals surface area contributed by atoms with Crippen LogP contribution in [-0.2, 0) is 0 Å². The summed E-state index contributed by atoms with van der Waals surface area (Å²) in [6, 6.07) is 6.79. The van der Waals surface area contributed by atoms with E-state index >= 15 is 0 Å². The van der Waals surface area contributed by atoms with Gasteiger partial charge < -0.3 is 15.1 Å². The van der Waals surface area contributed by atoms with Crippen LogP contribution in [0.1, 0.15) is 17.5 Å². The lowest BCUT2D eigenvalue weighted by Crippen LogP contribution is -2.44. The van der Waals surface area contributed by atoms with Crippen molar-refractivity contribution in [2.75, 3.05) is 51.2 Å². The molecular formula is C16H27N3. The van der Waals surface area contributed by atoms with Crippen molar-refractivity contribution < 1.29 is 0 Å². The molecule has 0 aromatic heterocycles. The smallest absolute Gasteiger partial charge is 0.0368 e. The average molecular weight is 261 g/mol. The Balaban J connectivity index is 1.78. The quantitative estimate of drug-likeness (QED) is 0.875. The molecule has 1 aromatic carbocycles. The summed E-state index contributed by atoms with van der Waals surface area (Å²) >= 11 is 0. The molecule has 0 radical (unpaired) electrons. The molecule has 0 atom stereocenters. The third-order valence-electron chi connectivity index (χ3n) is 3.82. The SMILES string of the molecule is Cc1cc(C)cc(N(C)CCCN2CCNCC2)c1. The highest BCUT2D eigenvalue weighted by Gasteiger charge is 2.09. The van der Waals surface area contributed by atoms with Crippen LogP contribution in [0.3, 0.4) is 0 Å². The van der Waals surface area contributed by atoms with E-state index < -0.39 is 0 Å². The van der Waals surface area contributed by atoms with E-state index in [0.717, 1.165) is 19.6 Å². The van der Waals surface area contributed by atoms with E-state index in [-0.39, 0.29) is 0 Å². The molecule has 3 heteroatoms. The summed E-state index contributed by atoms with van der Waals surface area (Å²) in [4.78, 5) is 4.94. The fraction of sp³-hybridized carbons (Fsp3) is 0.625. The normalized spacial score (nSPS) is 16.6. The molecule has 19 heavy (non-hydrogen) atoms. The summed E-state index contributed by atoms with van der Waals surface area (Å²) in [6.07, 6.45) is 1.24. The zero-order chi connectivity index (χ0) is 13.7. The van der Waals surface area contributed by atoms with Crippen molar-refractivity contribution in [2.24, 2.45) is 0 Å². The van der Waals surface area contributed by atoms with E-state index in [1.54, 1.807) is 0 Å². The second-order valence-corrected chi connectivity index (χ2v) is 5.71. The summed E-state index contributed by atoms with van der Waals surface area (Å²) in [5.74, 6) is 0. The molecule has 0 amide bonds. The Kier molecular flexibility index (Phi) is 5.23. The maximum atomic E-state index is 3.40. The second-order valence-electron chi connectivity index (χ2n) is 5.71. The van der Waals surface area contributed by atoms with Gasteiger partial charge >= 0.3 is 0 Å². The number of hydrogen-bond acceptors (Lipinski definition) is 3. The van der Waals surface area contributed by atoms with Crippen molar-refractivity contribution in [3.05, 3.63) is 29.3 Å². The number of piperazine rings is 1. The standard InChI is InChI=1S/C16H27N3/c1-14-11-15(2)13-16(12-14)18(3)7-4-8-19-9-5-17-6-10-19/h11-13,17H,4-10H2,1-3H3. The molecule has 2 rings (SSSR count). The Morgan fingerprint density at radius 3 is 2.37 bits per heavy atom. The number of aryl methyl sites for hydroxylation is 2. The monoisotopic (exact) mass is 261 g/mol. The molecule has 1 aliphatic rings. The van der Waals surface area contributed by atoms with Crippen LogP contribution in [0.2, 0.25) is 0 Å². The lowest BCUT2D eigenvalue weighted by molar-refractivity contribution is 0.239. The van der Waals surface area contributed by atoms with Crippen LogP contribution in [0.25, 0.3) is 0 Å². The zero-order valence-electron chi connectivity index (χ0n) is 12.6. The van der Waals surface area contributed by atoms with E-state index in [9.17, 15) is 0 Å². The van der Waals surface area contributed by atoms with Gasteiger partial charge in [-0.2, -0.15) is 0 Å². The molecule has 0 spiro atoms. The van der Waals surface area contributed by atoms with Crippen molar-refractivity contribution >= 4 is 5.69 Å². The number of benzene rings is 1. The van der Waals surface area contributed by atoms with Crippen molar-refractivity contribution in [1.82, 2.24) is 10.2 Å². The minimum atomic E-state index is 1.13. The minimum Gasteiger partial charge on any atom is -0.375 e. The van der Waals surface area contributed by atoms with Crippen molar-refractivity contribution in [2.45, 2.75) is 20.3 Å². The number of nitrogens with one attached hydrogen (secondary N) is 1. The summed E-state index contributed by atoms with van der Waals surface area (Å²) in [6.45, 7) is 11.4. The second kappa shape index (κ2) is 6.92. The van der Waals surface area contributed by atoms with E-state index in [4.69, 9.17) is 0 Å². The highest BCUT2D eigenvalue weighted by atomic mass is 15.2. The molecule has 1 aliphatic heterocycles. The summed E-state index contributed by atoms with van der Waals surface area (Å²) in [5, 5.41) is 3.40. The molecule has 1 heterocycles. The Morgan fingerprint density at radius 1 is 1.11 bits per heavy atom. The molecule has 1 N–H and O–H groups in total. The third kappa shape index (κ3) is 4.51. The van der Waals surface area contributed by atoms with Crippen LogP contribution >= 0.6 is 0 Å². The molecule has 0 saturated carbocycles. The van der Waals surface area contributed by atoms with Gasteiger partial charge in [-0.3, -0.25) is 0 Å². The van der Waals surface area contributed by atoms with Gasteiger partial charge in [-0.1, -0.05) is 6.07 Å². The van der Waals surface area contributed by atoms with Crippen LogP contribution in [0.15, 0.2) is 18.2 Å². The van der Waals surface area contributed by atoms with Gasteiger partial charge in [-0.15, -0.1) is 0 Å². The summed E-state index contributed by atoms with van der Waals surface area (Å²) < 4.78 is 0. The molecular weight excluding hydrogens is 234 g/mol. The highest BCUT2D eigenvalue weighted by Crippen LogP contribution is 2.17. The number of anilines is 1. The van der Waals surface area contributed by atoms with Crippen LogP contribution in [0, 0.1) is 13.8 Å². The maximum Gasteiger partial charge on any atom is 0.0368 e. The molecule has 1 fully saturated rings. The Bertz CT molecular complexity index is 377. The first-order chi connectivity index (χ1) is 9.15. The van der Waals surface area contributed by atoms with Gasteiger partial charge in [-0.05, 0) is 50.1 Å². The van der Waals surface area contributed by atoms with Crippen molar-refractivity contribution in [3.8, 4) is 0 Å². The van der Waals surface area contributed by atoms with Gasteiger partial charge in [0.2, 0.25) is 0 Å². The maximum absolute atomic E-state index is 3.40. The third-order valence-corrected chi connectivity index (χ3v) is 3.82. The first-order valence-electron chi connectivity index (χ1n) is 7.37. The fourth-order valence-electron chi connectivity index (χ4n) is 2.77. The summed E-state index contributed by atoms with van der Waals surface area (Å²) in [7, 11) is 2.20. The molecule has 0 unspecified atom stereocenters. The molecule has 3 nitrogen and oxygen atoms in total. The van der Waals surface area contributed by atoms with Crippen LogP contribution < -0.4 is 10.2 Å². The Morgan fingerprint density at radius 2 is 1.74 bits per heavy atom. The Hall–Kier alpha value is -1.06. The predicted octanol–water partition coefficient (Wildman–Crippen LogP) is 2.03. The largest absolute Gasteiger partial charge is 0.375 e.